The molecule has 0 aliphatic carbocycles. The Morgan fingerprint density at radius 1 is 1.42 bits per heavy atom. The average molecular weight is 258 g/mol. The van der Waals surface area contributed by atoms with Crippen LogP contribution in [-0.2, 0) is 6.54 Å². The van der Waals surface area contributed by atoms with Gasteiger partial charge >= 0.3 is 0 Å². The number of nitrogens with zero attached hydrogens (tertiary/aromatic N) is 3. The van der Waals surface area contributed by atoms with Crippen LogP contribution < -0.4 is 5.32 Å². The molecule has 2 aromatic heterocycles. The molecular weight excluding hydrogens is 240 g/mol. The van der Waals surface area contributed by atoms with Crippen LogP contribution in [0.25, 0.3) is 0 Å². The molecule has 2 rings (SSSR count). The van der Waals surface area contributed by atoms with Crippen LogP contribution in [0.4, 0.5) is 0 Å². The molecule has 0 atom stereocenters. The second-order valence-electron chi connectivity index (χ2n) is 4.68. The summed E-state index contributed by atoms with van der Waals surface area (Å²) < 4.78 is 1.92. The van der Waals surface area contributed by atoms with Gasteiger partial charge in [-0.25, -0.2) is 4.98 Å². The van der Waals surface area contributed by atoms with Gasteiger partial charge < -0.3 is 9.88 Å². The van der Waals surface area contributed by atoms with E-state index in [2.05, 4.69) is 29.1 Å². The fourth-order valence-electron chi connectivity index (χ4n) is 1.70. The van der Waals surface area contributed by atoms with Gasteiger partial charge in [0.25, 0.3) is 5.91 Å². The van der Waals surface area contributed by atoms with Gasteiger partial charge in [0.2, 0.25) is 0 Å². The highest BCUT2D eigenvalue weighted by Crippen LogP contribution is 2.11. The highest BCUT2D eigenvalue weighted by Gasteiger charge is 2.06. The van der Waals surface area contributed by atoms with E-state index >= 15 is 0 Å². The Balaban J connectivity index is 1.85. The van der Waals surface area contributed by atoms with Crippen LogP contribution in [0, 0.1) is 0 Å². The maximum Gasteiger partial charge on any atom is 0.252 e. The smallest absolute Gasteiger partial charge is 0.252 e. The summed E-state index contributed by atoms with van der Waals surface area (Å²) in [7, 11) is 0. The molecule has 0 bridgehead atoms. The number of rotatable bonds is 5. The van der Waals surface area contributed by atoms with Gasteiger partial charge in [-0.3, -0.25) is 9.78 Å². The van der Waals surface area contributed by atoms with Crippen LogP contribution in [0.15, 0.2) is 37.1 Å². The summed E-state index contributed by atoms with van der Waals surface area (Å²) in [6.45, 7) is 5.44. The number of pyridine rings is 1. The van der Waals surface area contributed by atoms with E-state index in [1.165, 1.54) is 0 Å². The zero-order chi connectivity index (χ0) is 13.7. The van der Waals surface area contributed by atoms with Crippen molar-refractivity contribution in [1.29, 1.82) is 0 Å². The largest absolute Gasteiger partial charge is 0.350 e. The van der Waals surface area contributed by atoms with Crippen LogP contribution >= 0.6 is 0 Å². The number of hydrogen-bond acceptors (Lipinski definition) is 3. The van der Waals surface area contributed by atoms with Crippen molar-refractivity contribution in [3.63, 3.8) is 0 Å². The fraction of sp³-hybridized carbons (Fsp3) is 0.357. The van der Waals surface area contributed by atoms with Gasteiger partial charge in [-0.2, -0.15) is 0 Å². The lowest BCUT2D eigenvalue weighted by Crippen LogP contribution is -2.27. The summed E-state index contributed by atoms with van der Waals surface area (Å²) in [5, 5.41) is 2.86. The van der Waals surface area contributed by atoms with Crippen LogP contribution in [-0.4, -0.2) is 27.0 Å². The van der Waals surface area contributed by atoms with Gasteiger partial charge in [-0.05, 0) is 18.1 Å². The molecule has 0 saturated heterocycles. The Hall–Kier alpha value is -2.17. The third-order valence-electron chi connectivity index (χ3n) is 2.85. The number of nitrogens with one attached hydrogen (secondary N) is 1. The predicted molar refractivity (Wildman–Crippen MR) is 72.9 cm³/mol. The second-order valence-corrected chi connectivity index (χ2v) is 4.68. The Morgan fingerprint density at radius 3 is 2.84 bits per heavy atom. The van der Waals surface area contributed by atoms with E-state index in [0.717, 1.165) is 5.69 Å². The molecule has 0 spiro atoms. The topological polar surface area (TPSA) is 59.8 Å². The lowest BCUT2D eigenvalue weighted by Gasteiger charge is -2.07. The molecule has 5 nitrogen and oxygen atoms in total. The molecule has 0 fully saturated rings. The molecule has 0 aliphatic heterocycles. The standard InChI is InChI=1S/C14H18N4O/c1-11(2)13-4-3-12(9-17-13)14(19)16-6-8-18-7-5-15-10-18/h3-5,7,9-11H,6,8H2,1-2H3,(H,16,19). The van der Waals surface area contributed by atoms with Crippen molar-refractivity contribution in [2.24, 2.45) is 0 Å². The van der Waals surface area contributed by atoms with Crippen molar-refractivity contribution in [3.8, 4) is 0 Å². The summed E-state index contributed by atoms with van der Waals surface area (Å²) in [5.74, 6) is 0.279. The first-order chi connectivity index (χ1) is 9.16. The molecule has 1 amide bonds. The van der Waals surface area contributed by atoms with E-state index in [-0.39, 0.29) is 5.91 Å². The zero-order valence-corrected chi connectivity index (χ0v) is 11.2. The van der Waals surface area contributed by atoms with Crippen molar-refractivity contribution < 1.29 is 4.79 Å². The van der Waals surface area contributed by atoms with Gasteiger partial charge in [-0.1, -0.05) is 13.8 Å². The maximum atomic E-state index is 11.9. The summed E-state index contributed by atoms with van der Waals surface area (Å²) in [5.41, 5.74) is 1.59. The lowest BCUT2D eigenvalue weighted by atomic mass is 10.1. The Labute approximate surface area is 112 Å². The summed E-state index contributed by atoms with van der Waals surface area (Å²) >= 11 is 0. The molecule has 0 saturated carbocycles. The minimum atomic E-state index is -0.0945. The average Bonchev–Trinajstić information content (AvgIpc) is 2.92. The number of hydrogen-bond donors (Lipinski definition) is 1. The number of aromatic nitrogens is 3. The number of imidazole rings is 1. The molecule has 19 heavy (non-hydrogen) atoms. The number of amides is 1. The van der Waals surface area contributed by atoms with Crippen LogP contribution in [0.3, 0.4) is 0 Å². The normalized spacial score (nSPS) is 10.7. The first kappa shape index (κ1) is 13.3. The van der Waals surface area contributed by atoms with E-state index in [1.807, 2.05) is 22.9 Å². The predicted octanol–water partition coefficient (Wildman–Crippen LogP) is 1.83. The molecule has 2 aromatic rings. The van der Waals surface area contributed by atoms with Crippen LogP contribution in [0.2, 0.25) is 0 Å². The summed E-state index contributed by atoms with van der Waals surface area (Å²) in [6, 6.07) is 3.71. The third-order valence-corrected chi connectivity index (χ3v) is 2.85. The van der Waals surface area contributed by atoms with Crippen molar-refractivity contribution in [2.45, 2.75) is 26.3 Å². The highest BCUT2D eigenvalue weighted by molar-refractivity contribution is 5.93. The number of carbonyl (C=O) groups is 1. The van der Waals surface area contributed by atoms with Crippen molar-refractivity contribution in [1.82, 2.24) is 19.9 Å². The Bertz CT molecular complexity index is 517. The minimum absolute atomic E-state index is 0.0945. The second kappa shape index (κ2) is 6.13. The molecular formula is C14H18N4O. The molecule has 0 radical (unpaired) electrons. The van der Waals surface area contributed by atoms with E-state index in [4.69, 9.17) is 0 Å². The fourth-order valence-corrected chi connectivity index (χ4v) is 1.70. The van der Waals surface area contributed by atoms with E-state index in [9.17, 15) is 4.79 Å². The van der Waals surface area contributed by atoms with Gasteiger partial charge in [0.05, 0.1) is 11.9 Å². The van der Waals surface area contributed by atoms with Gasteiger partial charge in [0.1, 0.15) is 0 Å². The molecule has 100 valence electrons. The van der Waals surface area contributed by atoms with Crippen molar-refractivity contribution in [2.75, 3.05) is 6.54 Å². The quantitative estimate of drug-likeness (QED) is 0.890. The molecule has 2 heterocycles. The van der Waals surface area contributed by atoms with Gasteiger partial charge in [0, 0.05) is 37.4 Å². The Morgan fingerprint density at radius 2 is 2.26 bits per heavy atom. The van der Waals surface area contributed by atoms with Crippen LogP contribution in [0.1, 0.15) is 35.8 Å². The van der Waals surface area contributed by atoms with E-state index < -0.39 is 0 Å². The molecule has 0 unspecified atom stereocenters. The Kier molecular flexibility index (Phi) is 4.28. The summed E-state index contributed by atoms with van der Waals surface area (Å²) in [4.78, 5) is 20.1. The maximum absolute atomic E-state index is 11.9. The minimum Gasteiger partial charge on any atom is -0.350 e. The number of carbonyl (C=O) groups excluding carboxylic acids is 1. The van der Waals surface area contributed by atoms with Gasteiger partial charge in [-0.15, -0.1) is 0 Å². The molecule has 0 aromatic carbocycles. The monoisotopic (exact) mass is 258 g/mol. The van der Waals surface area contributed by atoms with E-state index in [0.29, 0.717) is 24.6 Å². The van der Waals surface area contributed by atoms with Crippen molar-refractivity contribution >= 4 is 5.91 Å². The van der Waals surface area contributed by atoms with Gasteiger partial charge in [0.15, 0.2) is 0 Å². The zero-order valence-electron chi connectivity index (χ0n) is 11.2. The highest BCUT2D eigenvalue weighted by atomic mass is 16.1. The van der Waals surface area contributed by atoms with Crippen molar-refractivity contribution in [3.05, 3.63) is 48.3 Å². The molecule has 1 N–H and O–H groups in total. The van der Waals surface area contributed by atoms with E-state index in [1.54, 1.807) is 18.7 Å². The van der Waals surface area contributed by atoms with Crippen LogP contribution in [0.5, 0.6) is 0 Å². The first-order valence-corrected chi connectivity index (χ1v) is 6.36. The SMILES string of the molecule is CC(C)c1ccc(C(=O)NCCn2ccnc2)cn1. The first-order valence-electron chi connectivity index (χ1n) is 6.36. The lowest BCUT2D eigenvalue weighted by molar-refractivity contribution is 0.0952. The molecule has 5 heteroatoms. The third kappa shape index (κ3) is 3.64. The molecule has 0 aliphatic rings. The summed E-state index contributed by atoms with van der Waals surface area (Å²) in [6.07, 6.45) is 6.94.